The van der Waals surface area contributed by atoms with Gasteiger partial charge in [-0.2, -0.15) is 13.2 Å². The fourth-order valence-corrected chi connectivity index (χ4v) is 3.88. The molecular weight excluding hydrogens is 480 g/mol. The third kappa shape index (κ3) is 6.50. The summed E-state index contributed by atoms with van der Waals surface area (Å²) in [5.41, 5.74) is 5.16. The number of hydrogen-bond donors (Lipinski definition) is 2. The third-order valence-corrected chi connectivity index (χ3v) is 5.58. The van der Waals surface area contributed by atoms with Gasteiger partial charge in [-0.05, 0) is 66.9 Å². The summed E-state index contributed by atoms with van der Waals surface area (Å²) < 4.78 is 36.6. The van der Waals surface area contributed by atoms with Crippen molar-refractivity contribution in [2.45, 2.75) is 38.5 Å². The Labute approximate surface area is 198 Å². The maximum absolute atomic E-state index is 12.4. The van der Waals surface area contributed by atoms with Crippen molar-refractivity contribution in [3.8, 4) is 0 Å². The summed E-state index contributed by atoms with van der Waals surface area (Å²) in [6.07, 6.45) is -4.42. The van der Waals surface area contributed by atoms with Crippen molar-refractivity contribution in [3.05, 3.63) is 74.8 Å². The monoisotopic (exact) mass is 500 g/mol. The number of carbonyl (C=O) groups excluding carboxylic acids is 2. The first-order valence-corrected chi connectivity index (χ1v) is 10.7. The lowest BCUT2D eigenvalue weighted by molar-refractivity contribution is -0.142. The molecule has 33 heavy (non-hydrogen) atoms. The van der Waals surface area contributed by atoms with Crippen molar-refractivity contribution in [2.24, 2.45) is 0 Å². The van der Waals surface area contributed by atoms with E-state index in [-0.39, 0.29) is 0 Å². The summed E-state index contributed by atoms with van der Waals surface area (Å²) >= 11 is 12.2. The van der Waals surface area contributed by atoms with E-state index in [1.807, 2.05) is 13.0 Å². The number of hydrogen-bond acceptors (Lipinski definition) is 4. The van der Waals surface area contributed by atoms with Gasteiger partial charge in [0.25, 0.3) is 5.91 Å². The van der Waals surface area contributed by atoms with Gasteiger partial charge in [-0.15, -0.1) is 0 Å². The van der Waals surface area contributed by atoms with Crippen LogP contribution in [0.3, 0.4) is 0 Å². The molecule has 0 aliphatic carbocycles. The first-order chi connectivity index (χ1) is 15.4. The molecule has 2 aromatic rings. The molecule has 2 aromatic carbocycles. The molecule has 0 saturated heterocycles. The highest BCUT2D eigenvalue weighted by Crippen LogP contribution is 2.37. The standard InChI is InChI=1S/C23H21Cl2F3N2O3/c1-13-7-14(3-4-19(13)21(32)29-12-18(31)5-6-23(26,27)28)20-11-22(2,33-30-20)15-8-16(24)10-17(25)9-15/h3-4,7-11,30H,5-6,12H2,1-2H3,(H,29,32). The van der Waals surface area contributed by atoms with Crippen molar-refractivity contribution >= 4 is 40.6 Å². The summed E-state index contributed by atoms with van der Waals surface area (Å²) in [6, 6.07) is 10.2. The topological polar surface area (TPSA) is 67.4 Å². The van der Waals surface area contributed by atoms with Crippen LogP contribution in [0.4, 0.5) is 13.2 Å². The molecule has 1 heterocycles. The number of carbonyl (C=O) groups is 2. The SMILES string of the molecule is Cc1cc(C2=CC(C)(c3cc(Cl)cc(Cl)c3)ON2)ccc1C(=O)NCC(=O)CCC(F)(F)F. The minimum absolute atomic E-state index is 0.311. The molecule has 0 spiro atoms. The highest BCUT2D eigenvalue weighted by Gasteiger charge is 2.33. The average Bonchev–Trinajstić information content (AvgIpc) is 3.13. The third-order valence-electron chi connectivity index (χ3n) is 5.14. The van der Waals surface area contributed by atoms with Crippen LogP contribution in [0.25, 0.3) is 5.70 Å². The second-order valence-electron chi connectivity index (χ2n) is 7.89. The summed E-state index contributed by atoms with van der Waals surface area (Å²) in [7, 11) is 0. The van der Waals surface area contributed by atoms with E-state index in [1.165, 1.54) is 0 Å². The van der Waals surface area contributed by atoms with Crippen LogP contribution in [0.1, 0.15) is 46.8 Å². The number of aryl methyl sites for hydroxylation is 1. The minimum Gasteiger partial charge on any atom is -0.345 e. The Morgan fingerprint density at radius 3 is 2.39 bits per heavy atom. The van der Waals surface area contributed by atoms with Crippen molar-refractivity contribution in [1.82, 2.24) is 10.8 Å². The quantitative estimate of drug-likeness (QED) is 0.509. The van der Waals surface area contributed by atoms with E-state index in [9.17, 15) is 22.8 Å². The molecule has 0 aromatic heterocycles. The molecule has 2 N–H and O–H groups in total. The van der Waals surface area contributed by atoms with Crippen molar-refractivity contribution in [3.63, 3.8) is 0 Å². The van der Waals surface area contributed by atoms with E-state index in [1.54, 1.807) is 43.3 Å². The van der Waals surface area contributed by atoms with Gasteiger partial charge in [0, 0.05) is 22.0 Å². The number of rotatable bonds is 7. The highest BCUT2D eigenvalue weighted by molar-refractivity contribution is 6.34. The van der Waals surface area contributed by atoms with Crippen LogP contribution in [-0.2, 0) is 15.2 Å². The number of ketones is 1. The molecule has 1 amide bonds. The molecule has 1 aliphatic heterocycles. The van der Waals surface area contributed by atoms with Crippen molar-refractivity contribution < 1.29 is 27.6 Å². The maximum Gasteiger partial charge on any atom is 0.389 e. The van der Waals surface area contributed by atoms with Gasteiger partial charge in [0.2, 0.25) is 0 Å². The van der Waals surface area contributed by atoms with Crippen LogP contribution in [0.5, 0.6) is 0 Å². The lowest BCUT2D eigenvalue weighted by atomic mass is 9.94. The van der Waals surface area contributed by atoms with E-state index >= 15 is 0 Å². The van der Waals surface area contributed by atoms with Gasteiger partial charge in [0.1, 0.15) is 5.60 Å². The normalized spacial score (nSPS) is 18.0. The Kier molecular flexibility index (Phi) is 7.41. The number of halogens is 5. The van der Waals surface area contributed by atoms with Gasteiger partial charge < -0.3 is 5.32 Å². The summed E-state index contributed by atoms with van der Waals surface area (Å²) in [5.74, 6) is -1.23. The van der Waals surface area contributed by atoms with Gasteiger partial charge in [0.05, 0.1) is 18.7 Å². The fourth-order valence-electron chi connectivity index (χ4n) is 3.35. The molecule has 1 unspecified atom stereocenters. The summed E-state index contributed by atoms with van der Waals surface area (Å²) in [6.45, 7) is 3.10. The highest BCUT2D eigenvalue weighted by atomic mass is 35.5. The summed E-state index contributed by atoms with van der Waals surface area (Å²) in [5, 5.41) is 3.33. The van der Waals surface area contributed by atoms with Crippen LogP contribution in [0.15, 0.2) is 42.5 Å². The van der Waals surface area contributed by atoms with E-state index in [0.717, 1.165) is 11.1 Å². The van der Waals surface area contributed by atoms with Gasteiger partial charge in [-0.25, -0.2) is 0 Å². The van der Waals surface area contributed by atoms with Crippen molar-refractivity contribution in [2.75, 3.05) is 6.54 Å². The number of benzene rings is 2. The molecule has 0 fully saturated rings. The molecule has 0 radical (unpaired) electrons. The zero-order valence-corrected chi connectivity index (χ0v) is 19.3. The van der Waals surface area contributed by atoms with E-state index in [4.69, 9.17) is 28.0 Å². The number of amides is 1. The van der Waals surface area contributed by atoms with E-state index in [2.05, 4.69) is 10.8 Å². The van der Waals surface area contributed by atoms with Crippen LogP contribution in [0.2, 0.25) is 10.0 Å². The second-order valence-corrected chi connectivity index (χ2v) is 8.77. The Bertz CT molecular complexity index is 1100. The van der Waals surface area contributed by atoms with Gasteiger partial charge >= 0.3 is 6.18 Å². The first-order valence-electron chi connectivity index (χ1n) is 9.97. The van der Waals surface area contributed by atoms with Gasteiger partial charge in [0.15, 0.2) is 5.78 Å². The smallest absolute Gasteiger partial charge is 0.345 e. The average molecular weight is 501 g/mol. The van der Waals surface area contributed by atoms with Crippen LogP contribution in [-0.4, -0.2) is 24.4 Å². The molecule has 1 atom stereocenters. The first kappa shape index (κ1) is 25.1. The predicted octanol–water partition coefficient (Wildman–Crippen LogP) is 5.73. The molecule has 1 aliphatic rings. The lowest BCUT2D eigenvalue weighted by Gasteiger charge is -2.21. The van der Waals surface area contributed by atoms with Gasteiger partial charge in [-0.3, -0.25) is 19.9 Å². The van der Waals surface area contributed by atoms with E-state index in [0.29, 0.717) is 26.9 Å². The molecular formula is C23H21Cl2F3N2O3. The van der Waals surface area contributed by atoms with Crippen molar-refractivity contribution in [1.29, 1.82) is 0 Å². The summed E-state index contributed by atoms with van der Waals surface area (Å²) in [4.78, 5) is 29.8. The molecule has 10 heteroatoms. The zero-order chi connectivity index (χ0) is 24.4. The van der Waals surface area contributed by atoms with Gasteiger partial charge in [-0.1, -0.05) is 29.3 Å². The number of alkyl halides is 3. The molecule has 176 valence electrons. The lowest BCUT2D eigenvalue weighted by Crippen LogP contribution is -2.30. The molecule has 5 nitrogen and oxygen atoms in total. The fraction of sp³-hybridized carbons (Fsp3) is 0.304. The maximum atomic E-state index is 12.4. The Morgan fingerprint density at radius 2 is 1.79 bits per heavy atom. The number of hydroxylamine groups is 1. The van der Waals surface area contributed by atoms with E-state index < -0.39 is 42.9 Å². The minimum atomic E-state index is -4.41. The Hall–Kier alpha value is -2.55. The zero-order valence-electron chi connectivity index (χ0n) is 17.8. The molecule has 0 saturated carbocycles. The number of nitrogens with one attached hydrogen (secondary N) is 2. The molecule has 0 bridgehead atoms. The van der Waals surface area contributed by atoms with Crippen LogP contribution < -0.4 is 10.8 Å². The Balaban J connectivity index is 1.69. The second kappa shape index (κ2) is 9.75. The van der Waals surface area contributed by atoms with Crippen LogP contribution >= 0.6 is 23.2 Å². The van der Waals surface area contributed by atoms with Crippen LogP contribution in [0, 0.1) is 6.92 Å². The Morgan fingerprint density at radius 1 is 1.12 bits per heavy atom. The molecule has 3 rings (SSSR count). The largest absolute Gasteiger partial charge is 0.389 e. The predicted molar refractivity (Wildman–Crippen MR) is 120 cm³/mol. The number of Topliss-reactive ketones (excluding diaryl/α,β-unsaturated/α-hetero) is 1.